The molecule has 1 aliphatic heterocycles. The van der Waals surface area contributed by atoms with Crippen molar-refractivity contribution in [2.75, 3.05) is 11.4 Å². The topological polar surface area (TPSA) is 126 Å². The van der Waals surface area contributed by atoms with Gasteiger partial charge in [0.1, 0.15) is 5.69 Å². The van der Waals surface area contributed by atoms with Crippen LogP contribution in [0.2, 0.25) is 5.02 Å². The lowest BCUT2D eigenvalue weighted by Crippen LogP contribution is -2.36. The minimum atomic E-state index is -0.653. The zero-order valence-electron chi connectivity index (χ0n) is 23.3. The third kappa shape index (κ3) is 4.92. The molecule has 0 bridgehead atoms. The van der Waals surface area contributed by atoms with Gasteiger partial charge in [-0.2, -0.15) is 0 Å². The normalized spacial score (nSPS) is 24.3. The van der Waals surface area contributed by atoms with E-state index in [-0.39, 0.29) is 17.9 Å². The van der Waals surface area contributed by atoms with Crippen LogP contribution in [0, 0.1) is 17.8 Å². The van der Waals surface area contributed by atoms with E-state index in [9.17, 15) is 9.90 Å². The number of aliphatic hydroxyl groups is 1. The summed E-state index contributed by atoms with van der Waals surface area (Å²) < 4.78 is 7.12. The molecule has 10 nitrogen and oxygen atoms in total. The first-order valence-corrected chi connectivity index (χ1v) is 14.6. The van der Waals surface area contributed by atoms with E-state index in [2.05, 4.69) is 52.3 Å². The third-order valence-electron chi connectivity index (χ3n) is 8.81. The average Bonchev–Trinajstić information content (AvgIpc) is 3.64. The van der Waals surface area contributed by atoms with Crippen LogP contribution in [-0.2, 0) is 0 Å². The minimum absolute atomic E-state index is 0.142. The molecule has 0 spiro atoms. The number of halogens is 1. The molecule has 1 saturated heterocycles. The number of anilines is 1. The number of nitrogens with one attached hydrogen (secondary N) is 1. The Bertz CT molecular complexity index is 1570. The van der Waals surface area contributed by atoms with Crippen molar-refractivity contribution in [3.05, 3.63) is 40.1 Å². The fraction of sp³-hybridized carbons (Fsp3) is 0.552. The highest BCUT2D eigenvalue weighted by atomic mass is 35.5. The SMILES string of the molecule is CC1CCC(C(C)n2c(N3C[C@H](O)C[C@@H]3C(C)C)nc3cc(-c4noc(=O)[nH]4)nc(-c4cncc(Cl)c4)c32)CC1. The molecular formula is C29H36ClN7O3. The summed E-state index contributed by atoms with van der Waals surface area (Å²) in [4.78, 5) is 31.2. The van der Waals surface area contributed by atoms with Crippen molar-refractivity contribution < 1.29 is 9.63 Å². The summed E-state index contributed by atoms with van der Waals surface area (Å²) in [5.41, 5.74) is 3.43. The second-order valence-corrected chi connectivity index (χ2v) is 12.4. The maximum atomic E-state index is 11.8. The maximum absolute atomic E-state index is 11.8. The second kappa shape index (κ2) is 10.6. The predicted octanol–water partition coefficient (Wildman–Crippen LogP) is 5.47. The average molecular weight is 566 g/mol. The molecule has 4 aromatic rings. The summed E-state index contributed by atoms with van der Waals surface area (Å²) >= 11 is 6.40. The van der Waals surface area contributed by atoms with E-state index in [0.29, 0.717) is 41.2 Å². The quantitative estimate of drug-likeness (QED) is 0.315. The van der Waals surface area contributed by atoms with Crippen LogP contribution in [-0.4, -0.2) is 53.5 Å². The van der Waals surface area contributed by atoms with Crippen molar-refractivity contribution >= 4 is 28.6 Å². The summed E-state index contributed by atoms with van der Waals surface area (Å²) in [5.74, 6) is 1.96. The maximum Gasteiger partial charge on any atom is 0.439 e. The van der Waals surface area contributed by atoms with Gasteiger partial charge in [0.25, 0.3) is 0 Å². The van der Waals surface area contributed by atoms with Gasteiger partial charge in [0.2, 0.25) is 11.8 Å². The van der Waals surface area contributed by atoms with Crippen molar-refractivity contribution in [2.45, 2.75) is 78.0 Å². The van der Waals surface area contributed by atoms with Gasteiger partial charge in [0.05, 0.1) is 27.9 Å². The van der Waals surface area contributed by atoms with Crippen LogP contribution in [0.5, 0.6) is 0 Å². The number of aliphatic hydroxyl groups excluding tert-OH is 1. The standard InChI is InChI=1S/C29H36ClN7O3/c1-15(2)24-10-21(38)14-36(24)28-33-22-11-23(27-34-29(39)40-35-27)32-25(19-9-20(30)13-31-12-19)26(22)37(28)17(4)18-7-5-16(3)6-8-18/h9,11-13,15-18,21,24,38H,5-8,10,14H2,1-4H3,(H,34,35,39)/t16?,17?,18?,21-,24-/m1/s1. The molecule has 2 aliphatic rings. The number of aromatic amines is 1. The Morgan fingerprint density at radius 2 is 1.90 bits per heavy atom. The Hall–Kier alpha value is -3.24. The molecule has 6 rings (SSSR count). The van der Waals surface area contributed by atoms with Crippen molar-refractivity contribution in [3.8, 4) is 22.8 Å². The molecule has 40 heavy (non-hydrogen) atoms. The van der Waals surface area contributed by atoms with E-state index in [1.807, 2.05) is 12.1 Å². The molecule has 2 N–H and O–H groups in total. The molecule has 212 valence electrons. The highest BCUT2D eigenvalue weighted by Gasteiger charge is 2.38. The zero-order valence-corrected chi connectivity index (χ0v) is 24.1. The number of H-pyrrole nitrogens is 1. The molecule has 2 fully saturated rings. The zero-order chi connectivity index (χ0) is 28.1. The van der Waals surface area contributed by atoms with Crippen LogP contribution in [0.15, 0.2) is 33.8 Å². The summed E-state index contributed by atoms with van der Waals surface area (Å²) in [6.45, 7) is 9.52. The number of pyridine rings is 2. The molecule has 11 heteroatoms. The molecule has 0 radical (unpaired) electrons. The molecule has 1 unspecified atom stereocenters. The van der Waals surface area contributed by atoms with Crippen LogP contribution < -0.4 is 10.7 Å². The third-order valence-corrected chi connectivity index (χ3v) is 9.02. The first-order valence-electron chi connectivity index (χ1n) is 14.2. The molecule has 0 amide bonds. The van der Waals surface area contributed by atoms with Gasteiger partial charge in [-0.3, -0.25) is 14.5 Å². The lowest BCUT2D eigenvalue weighted by molar-refractivity contribution is 0.191. The molecule has 5 heterocycles. The van der Waals surface area contributed by atoms with Crippen LogP contribution in [0.3, 0.4) is 0 Å². The summed E-state index contributed by atoms with van der Waals surface area (Å²) in [5, 5.41) is 15.1. The lowest BCUT2D eigenvalue weighted by atomic mass is 9.79. The monoisotopic (exact) mass is 565 g/mol. The Balaban J connectivity index is 1.62. The smallest absolute Gasteiger partial charge is 0.391 e. The number of hydrogen-bond acceptors (Lipinski definition) is 8. The van der Waals surface area contributed by atoms with E-state index in [1.165, 1.54) is 12.8 Å². The Morgan fingerprint density at radius 3 is 2.58 bits per heavy atom. The van der Waals surface area contributed by atoms with Gasteiger partial charge in [-0.15, -0.1) is 0 Å². The van der Waals surface area contributed by atoms with Crippen molar-refractivity contribution in [1.29, 1.82) is 0 Å². The van der Waals surface area contributed by atoms with E-state index >= 15 is 0 Å². The number of hydrogen-bond donors (Lipinski definition) is 2. The molecule has 4 aromatic heterocycles. The summed E-state index contributed by atoms with van der Waals surface area (Å²) in [6, 6.07) is 3.98. The van der Waals surface area contributed by atoms with Crippen LogP contribution in [0.25, 0.3) is 33.8 Å². The van der Waals surface area contributed by atoms with Crippen LogP contribution >= 0.6 is 11.6 Å². The highest BCUT2D eigenvalue weighted by Crippen LogP contribution is 2.43. The Kier molecular flexibility index (Phi) is 7.16. The molecule has 1 saturated carbocycles. The number of aromatic nitrogens is 6. The van der Waals surface area contributed by atoms with E-state index in [4.69, 9.17) is 26.1 Å². The van der Waals surface area contributed by atoms with E-state index in [0.717, 1.165) is 41.3 Å². The number of rotatable bonds is 6. The molecule has 3 atom stereocenters. The minimum Gasteiger partial charge on any atom is -0.391 e. The predicted molar refractivity (Wildman–Crippen MR) is 154 cm³/mol. The molecular weight excluding hydrogens is 530 g/mol. The Labute approximate surface area is 237 Å². The van der Waals surface area contributed by atoms with Gasteiger partial charge in [0.15, 0.2) is 0 Å². The van der Waals surface area contributed by atoms with Crippen molar-refractivity contribution in [1.82, 2.24) is 29.7 Å². The molecule has 1 aliphatic carbocycles. The number of β-amino-alcohol motifs (C(OH)–C–C–N with tert-alkyl or cyclic N) is 1. The van der Waals surface area contributed by atoms with E-state index in [1.54, 1.807) is 12.4 Å². The van der Waals surface area contributed by atoms with Gasteiger partial charge in [0, 0.05) is 36.6 Å². The summed E-state index contributed by atoms with van der Waals surface area (Å²) in [7, 11) is 0. The van der Waals surface area contributed by atoms with Gasteiger partial charge in [-0.05, 0) is 56.1 Å². The number of imidazole rings is 1. The van der Waals surface area contributed by atoms with Crippen molar-refractivity contribution in [2.24, 2.45) is 17.8 Å². The lowest BCUT2D eigenvalue weighted by Gasteiger charge is -2.35. The van der Waals surface area contributed by atoms with Crippen LogP contribution in [0.1, 0.15) is 65.8 Å². The van der Waals surface area contributed by atoms with Crippen LogP contribution in [0.4, 0.5) is 5.95 Å². The number of fused-ring (bicyclic) bond motifs is 1. The second-order valence-electron chi connectivity index (χ2n) is 12.0. The van der Waals surface area contributed by atoms with Crippen molar-refractivity contribution in [3.63, 3.8) is 0 Å². The van der Waals surface area contributed by atoms with Gasteiger partial charge in [-0.1, -0.05) is 50.4 Å². The highest BCUT2D eigenvalue weighted by molar-refractivity contribution is 6.30. The fourth-order valence-corrected chi connectivity index (χ4v) is 6.76. The van der Waals surface area contributed by atoms with Gasteiger partial charge in [-0.25, -0.2) is 14.8 Å². The first-order chi connectivity index (χ1) is 19.2. The fourth-order valence-electron chi connectivity index (χ4n) is 6.59. The number of nitrogens with zero attached hydrogens (tertiary/aromatic N) is 6. The molecule has 0 aromatic carbocycles. The van der Waals surface area contributed by atoms with Gasteiger partial charge >= 0.3 is 5.76 Å². The summed E-state index contributed by atoms with van der Waals surface area (Å²) in [6.07, 6.45) is 8.33. The largest absolute Gasteiger partial charge is 0.439 e. The Morgan fingerprint density at radius 1 is 1.12 bits per heavy atom. The first kappa shape index (κ1) is 27.0. The van der Waals surface area contributed by atoms with E-state index < -0.39 is 11.9 Å². The van der Waals surface area contributed by atoms with Gasteiger partial charge < -0.3 is 14.6 Å².